The summed E-state index contributed by atoms with van der Waals surface area (Å²) in [6.45, 7) is 5.59. The van der Waals surface area contributed by atoms with Crippen LogP contribution in [0.4, 0.5) is 5.69 Å². The van der Waals surface area contributed by atoms with E-state index in [1.165, 1.54) is 0 Å². The molecule has 1 aromatic rings. The summed E-state index contributed by atoms with van der Waals surface area (Å²) in [5, 5.41) is 6.43. The number of anilines is 1. The molecule has 0 radical (unpaired) electrons. The Morgan fingerprint density at radius 1 is 1.59 bits per heavy atom. The van der Waals surface area contributed by atoms with Crippen LogP contribution in [0.2, 0.25) is 5.15 Å². The van der Waals surface area contributed by atoms with E-state index >= 15 is 0 Å². The van der Waals surface area contributed by atoms with E-state index in [0.717, 1.165) is 18.7 Å². The van der Waals surface area contributed by atoms with Crippen LogP contribution in [0.25, 0.3) is 0 Å². The van der Waals surface area contributed by atoms with Gasteiger partial charge in [0, 0.05) is 12.7 Å². The number of halogens is 1. The van der Waals surface area contributed by atoms with Gasteiger partial charge < -0.3 is 10.6 Å². The summed E-state index contributed by atoms with van der Waals surface area (Å²) in [7, 11) is 0. The molecule has 0 saturated carbocycles. The Kier molecular flexibility index (Phi) is 3.64. The third-order valence-corrected chi connectivity index (χ3v) is 3.50. The summed E-state index contributed by atoms with van der Waals surface area (Å²) in [5.74, 6) is 0.372. The van der Waals surface area contributed by atoms with Crippen molar-refractivity contribution < 1.29 is 4.79 Å². The molecule has 0 bridgehead atoms. The molecule has 0 aliphatic carbocycles. The second-order valence-electron chi connectivity index (χ2n) is 4.52. The van der Waals surface area contributed by atoms with E-state index in [4.69, 9.17) is 11.6 Å². The van der Waals surface area contributed by atoms with E-state index in [2.05, 4.69) is 22.5 Å². The van der Waals surface area contributed by atoms with Crippen molar-refractivity contribution in [2.45, 2.75) is 13.8 Å². The van der Waals surface area contributed by atoms with Gasteiger partial charge in [-0.1, -0.05) is 18.5 Å². The molecule has 17 heavy (non-hydrogen) atoms. The molecular formula is C12H16ClN3O. The van der Waals surface area contributed by atoms with Crippen molar-refractivity contribution in [2.24, 2.45) is 11.8 Å². The number of carbonyl (C=O) groups is 1. The van der Waals surface area contributed by atoms with Gasteiger partial charge in [0.1, 0.15) is 0 Å². The molecule has 0 spiro atoms. The lowest BCUT2D eigenvalue weighted by Gasteiger charge is -2.15. The maximum Gasteiger partial charge on any atom is 0.229 e. The fraction of sp³-hybridized carbons (Fsp3) is 0.500. The maximum absolute atomic E-state index is 12.1. The molecule has 0 unspecified atom stereocenters. The summed E-state index contributed by atoms with van der Waals surface area (Å²) >= 11 is 5.98. The van der Waals surface area contributed by atoms with Crippen LogP contribution in [0.3, 0.4) is 0 Å². The van der Waals surface area contributed by atoms with E-state index in [1.807, 2.05) is 13.0 Å². The van der Waals surface area contributed by atoms with Gasteiger partial charge in [0.25, 0.3) is 0 Å². The van der Waals surface area contributed by atoms with Gasteiger partial charge in [0.15, 0.2) is 5.15 Å². The highest BCUT2D eigenvalue weighted by Crippen LogP contribution is 2.25. The number of nitrogens with zero attached hydrogens (tertiary/aromatic N) is 1. The van der Waals surface area contributed by atoms with Gasteiger partial charge in [-0.25, -0.2) is 4.98 Å². The number of amides is 1. The molecule has 5 heteroatoms. The predicted molar refractivity (Wildman–Crippen MR) is 68.1 cm³/mol. The van der Waals surface area contributed by atoms with Crippen molar-refractivity contribution in [3.05, 3.63) is 23.0 Å². The number of hydrogen-bond acceptors (Lipinski definition) is 3. The van der Waals surface area contributed by atoms with Crippen molar-refractivity contribution in [3.63, 3.8) is 0 Å². The minimum absolute atomic E-state index is 0.00525. The topological polar surface area (TPSA) is 54.0 Å². The Morgan fingerprint density at radius 3 is 2.94 bits per heavy atom. The van der Waals surface area contributed by atoms with Crippen LogP contribution in [-0.4, -0.2) is 24.0 Å². The first-order valence-corrected chi connectivity index (χ1v) is 6.10. The molecule has 1 fully saturated rings. The summed E-state index contributed by atoms with van der Waals surface area (Å²) in [4.78, 5) is 16.1. The zero-order valence-corrected chi connectivity index (χ0v) is 10.7. The van der Waals surface area contributed by atoms with E-state index in [9.17, 15) is 4.79 Å². The molecule has 1 amide bonds. The fourth-order valence-electron chi connectivity index (χ4n) is 2.05. The summed E-state index contributed by atoms with van der Waals surface area (Å²) in [6, 6.07) is 1.83. The standard InChI is InChI=1S/C12H16ClN3O/c1-7-3-4-15-11(13)10(7)16-12(17)9-6-14-5-8(9)2/h3-4,8-9,14H,5-6H2,1-2H3,(H,16,17)/t8-,9-/m1/s1. The Bertz CT molecular complexity index is 416. The first-order valence-electron chi connectivity index (χ1n) is 5.72. The highest BCUT2D eigenvalue weighted by molar-refractivity contribution is 6.32. The zero-order valence-electron chi connectivity index (χ0n) is 9.96. The molecule has 1 aliphatic heterocycles. The number of aromatic nitrogens is 1. The lowest BCUT2D eigenvalue weighted by atomic mass is 9.97. The van der Waals surface area contributed by atoms with Gasteiger partial charge in [-0.3, -0.25) is 4.79 Å². The molecule has 4 nitrogen and oxygen atoms in total. The predicted octanol–water partition coefficient (Wildman–Crippen LogP) is 1.84. The normalized spacial score (nSPS) is 23.7. The van der Waals surface area contributed by atoms with E-state index in [0.29, 0.717) is 16.8 Å². The van der Waals surface area contributed by atoms with Gasteiger partial charge in [0.05, 0.1) is 11.6 Å². The molecule has 92 valence electrons. The second-order valence-corrected chi connectivity index (χ2v) is 4.88. The Morgan fingerprint density at radius 2 is 2.35 bits per heavy atom. The molecular weight excluding hydrogens is 238 g/mol. The van der Waals surface area contributed by atoms with E-state index < -0.39 is 0 Å². The number of nitrogens with one attached hydrogen (secondary N) is 2. The first-order chi connectivity index (χ1) is 8.09. The number of aryl methyl sites for hydroxylation is 1. The van der Waals surface area contributed by atoms with Crippen molar-refractivity contribution in [1.82, 2.24) is 10.3 Å². The molecule has 0 aromatic carbocycles. The van der Waals surface area contributed by atoms with Crippen LogP contribution in [0, 0.1) is 18.8 Å². The average molecular weight is 254 g/mol. The number of carbonyl (C=O) groups excluding carboxylic acids is 1. The Hall–Kier alpha value is -1.13. The van der Waals surface area contributed by atoms with Crippen molar-refractivity contribution in [3.8, 4) is 0 Å². The van der Waals surface area contributed by atoms with Gasteiger partial charge in [0.2, 0.25) is 5.91 Å². The monoisotopic (exact) mass is 253 g/mol. The van der Waals surface area contributed by atoms with Crippen molar-refractivity contribution in [2.75, 3.05) is 18.4 Å². The van der Waals surface area contributed by atoms with Crippen LogP contribution in [-0.2, 0) is 4.79 Å². The number of rotatable bonds is 2. The molecule has 2 atom stereocenters. The highest BCUT2D eigenvalue weighted by atomic mass is 35.5. The Balaban J connectivity index is 2.13. The number of hydrogen-bond donors (Lipinski definition) is 2. The molecule has 2 rings (SSSR count). The average Bonchev–Trinajstić information content (AvgIpc) is 2.70. The lowest BCUT2D eigenvalue weighted by Crippen LogP contribution is -2.28. The van der Waals surface area contributed by atoms with Crippen LogP contribution in [0.1, 0.15) is 12.5 Å². The third kappa shape index (κ3) is 2.58. The highest BCUT2D eigenvalue weighted by Gasteiger charge is 2.30. The molecule has 1 aliphatic rings. The molecule has 1 aromatic heterocycles. The van der Waals surface area contributed by atoms with E-state index in [1.54, 1.807) is 6.20 Å². The maximum atomic E-state index is 12.1. The molecule has 2 heterocycles. The van der Waals surface area contributed by atoms with Gasteiger partial charge in [-0.2, -0.15) is 0 Å². The van der Waals surface area contributed by atoms with Gasteiger partial charge in [-0.15, -0.1) is 0 Å². The zero-order chi connectivity index (χ0) is 12.4. The van der Waals surface area contributed by atoms with Crippen LogP contribution < -0.4 is 10.6 Å². The summed E-state index contributed by atoms with van der Waals surface area (Å²) < 4.78 is 0. The van der Waals surface area contributed by atoms with Crippen molar-refractivity contribution in [1.29, 1.82) is 0 Å². The number of pyridine rings is 1. The Labute approximate surface area is 106 Å². The van der Waals surface area contributed by atoms with Gasteiger partial charge in [-0.05, 0) is 31.0 Å². The molecule has 2 N–H and O–H groups in total. The van der Waals surface area contributed by atoms with Crippen LogP contribution in [0.15, 0.2) is 12.3 Å². The van der Waals surface area contributed by atoms with Crippen LogP contribution >= 0.6 is 11.6 Å². The summed E-state index contributed by atoms with van der Waals surface area (Å²) in [6.07, 6.45) is 1.63. The van der Waals surface area contributed by atoms with Gasteiger partial charge >= 0.3 is 0 Å². The van der Waals surface area contributed by atoms with Crippen molar-refractivity contribution >= 4 is 23.2 Å². The first kappa shape index (κ1) is 12.3. The largest absolute Gasteiger partial charge is 0.323 e. The fourth-order valence-corrected chi connectivity index (χ4v) is 2.30. The molecule has 1 saturated heterocycles. The lowest BCUT2D eigenvalue weighted by molar-refractivity contribution is -0.120. The minimum Gasteiger partial charge on any atom is -0.323 e. The van der Waals surface area contributed by atoms with E-state index in [-0.39, 0.29) is 11.8 Å². The van der Waals surface area contributed by atoms with Crippen LogP contribution in [0.5, 0.6) is 0 Å². The quantitative estimate of drug-likeness (QED) is 0.791. The SMILES string of the molecule is Cc1ccnc(Cl)c1NC(=O)[C@@H]1CNC[C@H]1C. The minimum atomic E-state index is 0.00525. The smallest absolute Gasteiger partial charge is 0.229 e. The summed E-state index contributed by atoms with van der Waals surface area (Å²) in [5.41, 5.74) is 1.55. The second kappa shape index (κ2) is 5.02. The third-order valence-electron chi connectivity index (χ3n) is 3.22.